The van der Waals surface area contributed by atoms with Crippen LogP contribution in [-0.2, 0) is 9.59 Å². The molecule has 26 heavy (non-hydrogen) atoms. The smallest absolute Gasteiger partial charge is 0.271 e. The van der Waals surface area contributed by atoms with Gasteiger partial charge in [0, 0.05) is 12.6 Å². The molecule has 132 valence electrons. The van der Waals surface area contributed by atoms with Crippen LogP contribution in [0.3, 0.4) is 0 Å². The van der Waals surface area contributed by atoms with E-state index < -0.39 is 0 Å². The van der Waals surface area contributed by atoms with Gasteiger partial charge >= 0.3 is 0 Å². The van der Waals surface area contributed by atoms with Crippen LogP contribution in [0, 0.1) is 0 Å². The second-order valence-corrected chi connectivity index (χ2v) is 7.38. The molecule has 0 aromatic heterocycles. The summed E-state index contributed by atoms with van der Waals surface area (Å²) in [5.41, 5.74) is 2.96. The summed E-state index contributed by atoms with van der Waals surface area (Å²) < 4.78 is 0.454. The van der Waals surface area contributed by atoms with Crippen LogP contribution >= 0.6 is 24.0 Å². The lowest BCUT2D eigenvalue weighted by molar-refractivity contribution is -0.114. The Morgan fingerprint density at radius 1 is 1.08 bits per heavy atom. The molecule has 0 spiro atoms. The van der Waals surface area contributed by atoms with Gasteiger partial charge in [-0.3, -0.25) is 14.5 Å². The van der Waals surface area contributed by atoms with Crippen LogP contribution in [0.5, 0.6) is 5.75 Å². The minimum atomic E-state index is -0.183. The van der Waals surface area contributed by atoms with E-state index in [4.69, 9.17) is 12.2 Å². The molecule has 0 aliphatic carbocycles. The number of aromatic hydroxyl groups is 1. The highest BCUT2D eigenvalue weighted by atomic mass is 32.2. The standard InChI is InChI=1S/C19H16N2O3S2/c1-11(13-3-9-16(23)10-4-13)17-18(24)21(19(25)26-17)15-7-5-14(6-8-15)20-12(2)22/h3-10,23H,1-2H3,(H,20,22)/b17-11-. The summed E-state index contributed by atoms with van der Waals surface area (Å²) in [6.07, 6.45) is 0. The van der Waals surface area contributed by atoms with Crippen molar-refractivity contribution in [2.24, 2.45) is 0 Å². The van der Waals surface area contributed by atoms with Crippen LogP contribution in [0.4, 0.5) is 11.4 Å². The van der Waals surface area contributed by atoms with Crippen molar-refractivity contribution in [2.45, 2.75) is 13.8 Å². The van der Waals surface area contributed by atoms with Crippen LogP contribution < -0.4 is 10.2 Å². The largest absolute Gasteiger partial charge is 0.508 e. The number of phenols is 1. The predicted molar refractivity (Wildman–Crippen MR) is 109 cm³/mol. The first-order valence-corrected chi connectivity index (χ1v) is 9.03. The van der Waals surface area contributed by atoms with Crippen molar-refractivity contribution in [3.05, 3.63) is 59.0 Å². The molecule has 2 amide bonds. The number of thioether (sulfide) groups is 1. The van der Waals surface area contributed by atoms with Gasteiger partial charge in [0.25, 0.3) is 5.91 Å². The molecule has 2 N–H and O–H groups in total. The van der Waals surface area contributed by atoms with Crippen molar-refractivity contribution >= 4 is 57.1 Å². The van der Waals surface area contributed by atoms with Crippen molar-refractivity contribution in [3.8, 4) is 5.75 Å². The van der Waals surface area contributed by atoms with Crippen molar-refractivity contribution in [2.75, 3.05) is 10.2 Å². The van der Waals surface area contributed by atoms with E-state index in [1.165, 1.54) is 23.6 Å². The van der Waals surface area contributed by atoms with E-state index in [1.807, 2.05) is 6.92 Å². The summed E-state index contributed by atoms with van der Waals surface area (Å²) in [4.78, 5) is 26.1. The van der Waals surface area contributed by atoms with Gasteiger partial charge in [-0.1, -0.05) is 36.1 Å². The van der Waals surface area contributed by atoms with Crippen LogP contribution in [0.1, 0.15) is 19.4 Å². The molecule has 2 aromatic carbocycles. The Morgan fingerprint density at radius 2 is 1.69 bits per heavy atom. The lowest BCUT2D eigenvalue weighted by Gasteiger charge is -2.15. The molecule has 1 aliphatic heterocycles. The third kappa shape index (κ3) is 3.63. The molecule has 1 fully saturated rings. The Hall–Kier alpha value is -2.64. The third-order valence-corrected chi connectivity index (χ3v) is 5.33. The average Bonchev–Trinajstić information content (AvgIpc) is 2.90. The molecule has 0 radical (unpaired) electrons. The fourth-order valence-corrected chi connectivity index (χ4v) is 3.90. The monoisotopic (exact) mass is 384 g/mol. The number of thiocarbonyl (C=S) groups is 1. The first-order chi connectivity index (χ1) is 12.4. The Labute approximate surface area is 160 Å². The highest BCUT2D eigenvalue weighted by Crippen LogP contribution is 2.39. The van der Waals surface area contributed by atoms with Crippen LogP contribution in [0.15, 0.2) is 53.4 Å². The van der Waals surface area contributed by atoms with Gasteiger partial charge in [0.1, 0.15) is 5.75 Å². The number of phenolic OH excluding ortho intramolecular Hbond substituents is 1. The van der Waals surface area contributed by atoms with Crippen molar-refractivity contribution < 1.29 is 14.7 Å². The second kappa shape index (κ2) is 7.31. The normalized spacial score (nSPS) is 16.0. The molecular weight excluding hydrogens is 368 g/mol. The van der Waals surface area contributed by atoms with Crippen molar-refractivity contribution in [1.82, 2.24) is 0 Å². The van der Waals surface area contributed by atoms with Gasteiger partial charge in [-0.05, 0) is 54.5 Å². The summed E-state index contributed by atoms with van der Waals surface area (Å²) in [6.45, 7) is 3.30. The van der Waals surface area contributed by atoms with E-state index >= 15 is 0 Å². The average molecular weight is 384 g/mol. The molecule has 5 nitrogen and oxygen atoms in total. The Morgan fingerprint density at radius 3 is 2.27 bits per heavy atom. The summed E-state index contributed by atoms with van der Waals surface area (Å²) in [6, 6.07) is 13.6. The first kappa shape index (κ1) is 18.2. The summed E-state index contributed by atoms with van der Waals surface area (Å²) in [5, 5.41) is 12.1. The number of amides is 2. The van der Waals surface area contributed by atoms with Gasteiger partial charge in [0.15, 0.2) is 4.32 Å². The molecule has 0 saturated carbocycles. The maximum Gasteiger partial charge on any atom is 0.271 e. The van der Waals surface area contributed by atoms with Gasteiger partial charge < -0.3 is 10.4 Å². The second-order valence-electron chi connectivity index (χ2n) is 5.74. The van der Waals surface area contributed by atoms with Gasteiger partial charge in [-0.25, -0.2) is 0 Å². The van der Waals surface area contributed by atoms with Gasteiger partial charge in [-0.2, -0.15) is 0 Å². The van der Waals surface area contributed by atoms with Crippen molar-refractivity contribution in [1.29, 1.82) is 0 Å². The SMILES string of the molecule is CC(=O)Nc1ccc(N2C(=O)/C(=C(\C)c3ccc(O)cc3)SC2=S)cc1. The molecule has 7 heteroatoms. The zero-order chi connectivity index (χ0) is 18.8. The number of nitrogens with one attached hydrogen (secondary N) is 1. The third-order valence-electron chi connectivity index (χ3n) is 3.86. The summed E-state index contributed by atoms with van der Waals surface area (Å²) in [5.74, 6) is -0.165. The molecule has 1 heterocycles. The minimum absolute atomic E-state index is 0.157. The lowest BCUT2D eigenvalue weighted by atomic mass is 10.1. The zero-order valence-corrected chi connectivity index (χ0v) is 15.8. The molecule has 2 aromatic rings. The number of carbonyl (C=O) groups is 2. The van der Waals surface area contributed by atoms with Gasteiger partial charge in [0.2, 0.25) is 5.91 Å². The molecule has 1 aliphatic rings. The van der Waals surface area contributed by atoms with E-state index in [2.05, 4.69) is 5.32 Å². The number of nitrogens with zero attached hydrogens (tertiary/aromatic N) is 1. The van der Waals surface area contributed by atoms with Gasteiger partial charge in [0.05, 0.1) is 10.6 Å². The molecule has 0 bridgehead atoms. The number of rotatable bonds is 3. The maximum atomic E-state index is 12.9. The van der Waals surface area contributed by atoms with Gasteiger partial charge in [-0.15, -0.1) is 0 Å². The Balaban J connectivity index is 1.90. The number of anilines is 2. The Kier molecular flexibility index (Phi) is 5.11. The molecule has 1 saturated heterocycles. The van der Waals surface area contributed by atoms with E-state index in [-0.39, 0.29) is 17.6 Å². The summed E-state index contributed by atoms with van der Waals surface area (Å²) >= 11 is 6.65. The number of hydrogen-bond donors (Lipinski definition) is 2. The summed E-state index contributed by atoms with van der Waals surface area (Å²) in [7, 11) is 0. The van der Waals surface area contributed by atoms with Crippen molar-refractivity contribution in [3.63, 3.8) is 0 Å². The van der Waals surface area contributed by atoms with E-state index in [0.29, 0.717) is 20.6 Å². The number of hydrogen-bond acceptors (Lipinski definition) is 5. The molecule has 3 rings (SSSR count). The van der Waals surface area contributed by atoms with Crippen LogP contribution in [0.25, 0.3) is 5.57 Å². The van der Waals surface area contributed by atoms with E-state index in [1.54, 1.807) is 48.5 Å². The van der Waals surface area contributed by atoms with E-state index in [9.17, 15) is 14.7 Å². The highest BCUT2D eigenvalue weighted by Gasteiger charge is 2.34. The maximum absolute atomic E-state index is 12.9. The fourth-order valence-electron chi connectivity index (χ4n) is 2.56. The quantitative estimate of drug-likeness (QED) is 0.615. The van der Waals surface area contributed by atoms with E-state index in [0.717, 1.165) is 11.1 Å². The Bertz CT molecular complexity index is 919. The van der Waals surface area contributed by atoms with Crippen LogP contribution in [0.2, 0.25) is 0 Å². The number of carbonyl (C=O) groups excluding carboxylic acids is 2. The zero-order valence-electron chi connectivity index (χ0n) is 14.1. The fraction of sp³-hybridized carbons (Fsp3) is 0.105. The predicted octanol–water partition coefficient (Wildman–Crippen LogP) is 4.15. The molecular formula is C19H16N2O3S2. The first-order valence-electron chi connectivity index (χ1n) is 7.81. The molecule has 0 unspecified atom stereocenters. The van der Waals surface area contributed by atoms with Crippen LogP contribution in [-0.4, -0.2) is 21.2 Å². The topological polar surface area (TPSA) is 69.6 Å². The number of allylic oxidation sites excluding steroid dienone is 1. The number of benzene rings is 2. The highest BCUT2D eigenvalue weighted by molar-refractivity contribution is 8.27. The minimum Gasteiger partial charge on any atom is -0.508 e. The molecule has 0 atom stereocenters. The lowest BCUT2D eigenvalue weighted by Crippen LogP contribution is -2.27.